The van der Waals surface area contributed by atoms with E-state index in [1.807, 2.05) is 6.92 Å². The molecule has 0 amide bonds. The van der Waals surface area contributed by atoms with Crippen molar-refractivity contribution in [2.24, 2.45) is 0 Å². The number of hydrogen-bond donors (Lipinski definition) is 1. The first-order valence-corrected chi connectivity index (χ1v) is 5.33. The molecule has 0 heterocycles. The first-order chi connectivity index (χ1) is 7.80. The summed E-state index contributed by atoms with van der Waals surface area (Å²) in [5.74, 6) is -1.66. The molecule has 0 aliphatic carbocycles. The fourth-order valence-corrected chi connectivity index (χ4v) is 0.897. The summed E-state index contributed by atoms with van der Waals surface area (Å²) < 4.78 is 14.8. The number of rotatable bonds is 5. The van der Waals surface area contributed by atoms with Gasteiger partial charge < -0.3 is 19.3 Å². The molecule has 0 rings (SSSR count). The molecule has 0 radical (unpaired) electrons. The average Bonchev–Trinajstić information content (AvgIpc) is 2.32. The lowest BCUT2D eigenvalue weighted by atomic mass is 10.2. The SMILES string of the molecule is CC(C)=C(C)C(=O)O.CCC(OC)(OC)OC. The van der Waals surface area contributed by atoms with Gasteiger partial charge in [-0.1, -0.05) is 12.5 Å². The largest absolute Gasteiger partial charge is 0.478 e. The van der Waals surface area contributed by atoms with Crippen LogP contribution in [-0.4, -0.2) is 38.4 Å². The minimum Gasteiger partial charge on any atom is -0.478 e. The Bertz CT molecular complexity index is 232. The summed E-state index contributed by atoms with van der Waals surface area (Å²) in [5.41, 5.74) is 1.29. The maximum Gasteiger partial charge on any atom is 0.331 e. The summed E-state index contributed by atoms with van der Waals surface area (Å²) in [7, 11) is 4.66. The number of hydrogen-bond acceptors (Lipinski definition) is 4. The lowest BCUT2D eigenvalue weighted by Gasteiger charge is -2.26. The molecule has 0 bridgehead atoms. The summed E-state index contributed by atoms with van der Waals surface area (Å²) in [6.07, 6.45) is 0.677. The zero-order valence-electron chi connectivity index (χ0n) is 11.8. The number of methoxy groups -OCH3 is 3. The van der Waals surface area contributed by atoms with E-state index in [2.05, 4.69) is 0 Å². The highest BCUT2D eigenvalue weighted by atomic mass is 16.9. The van der Waals surface area contributed by atoms with Crippen molar-refractivity contribution in [3.8, 4) is 0 Å². The molecule has 5 nitrogen and oxygen atoms in total. The van der Waals surface area contributed by atoms with Crippen LogP contribution in [0.15, 0.2) is 11.1 Å². The molecule has 102 valence electrons. The van der Waals surface area contributed by atoms with Gasteiger partial charge in [0, 0.05) is 33.3 Å². The van der Waals surface area contributed by atoms with Gasteiger partial charge in [-0.25, -0.2) is 4.79 Å². The number of allylic oxidation sites excluding steroid dienone is 1. The van der Waals surface area contributed by atoms with Crippen LogP contribution in [0.5, 0.6) is 0 Å². The maximum absolute atomic E-state index is 10.1. The molecule has 5 heteroatoms. The molecule has 0 aromatic rings. The van der Waals surface area contributed by atoms with Crippen LogP contribution in [0.1, 0.15) is 34.1 Å². The quantitative estimate of drug-likeness (QED) is 0.598. The van der Waals surface area contributed by atoms with Gasteiger partial charge in [-0.05, 0) is 20.8 Å². The Morgan fingerprint density at radius 3 is 1.41 bits per heavy atom. The summed E-state index contributed by atoms with van der Waals surface area (Å²) in [6, 6.07) is 0. The molecule has 0 saturated carbocycles. The predicted octanol–water partition coefficient (Wildman–Crippen LogP) is 2.42. The summed E-state index contributed by atoms with van der Waals surface area (Å²) in [4.78, 5) is 10.1. The predicted molar refractivity (Wildman–Crippen MR) is 65.7 cm³/mol. The molecular formula is C12H24O5. The number of carboxylic acid groups (broad SMARTS) is 1. The molecule has 0 aromatic heterocycles. The van der Waals surface area contributed by atoms with Crippen LogP contribution in [0.2, 0.25) is 0 Å². The smallest absolute Gasteiger partial charge is 0.331 e. The highest BCUT2D eigenvalue weighted by molar-refractivity contribution is 5.86. The monoisotopic (exact) mass is 248 g/mol. The fraction of sp³-hybridized carbons (Fsp3) is 0.750. The number of ether oxygens (including phenoxy) is 3. The van der Waals surface area contributed by atoms with Crippen molar-refractivity contribution in [1.82, 2.24) is 0 Å². The van der Waals surface area contributed by atoms with Gasteiger partial charge in [0.05, 0.1) is 0 Å². The maximum atomic E-state index is 10.1. The Morgan fingerprint density at radius 2 is 1.41 bits per heavy atom. The zero-order chi connectivity index (χ0) is 14.1. The van der Waals surface area contributed by atoms with E-state index >= 15 is 0 Å². The Kier molecular flexibility index (Phi) is 9.94. The summed E-state index contributed by atoms with van der Waals surface area (Å²) >= 11 is 0. The third-order valence-electron chi connectivity index (χ3n) is 2.44. The van der Waals surface area contributed by atoms with Crippen LogP contribution >= 0.6 is 0 Å². The van der Waals surface area contributed by atoms with Crippen LogP contribution in [0.3, 0.4) is 0 Å². The molecule has 0 aliphatic rings. The Labute approximate surface area is 103 Å². The Balaban J connectivity index is 0. The van der Waals surface area contributed by atoms with Crippen molar-refractivity contribution >= 4 is 5.97 Å². The highest BCUT2D eigenvalue weighted by Crippen LogP contribution is 2.15. The Hall–Kier alpha value is -0.910. The van der Waals surface area contributed by atoms with E-state index in [0.717, 1.165) is 5.57 Å². The first-order valence-electron chi connectivity index (χ1n) is 5.33. The van der Waals surface area contributed by atoms with Crippen LogP contribution in [0.4, 0.5) is 0 Å². The van der Waals surface area contributed by atoms with Crippen LogP contribution in [0, 0.1) is 0 Å². The van der Waals surface area contributed by atoms with Crippen LogP contribution < -0.4 is 0 Å². The average molecular weight is 248 g/mol. The molecule has 0 fully saturated rings. The van der Waals surface area contributed by atoms with Crippen molar-refractivity contribution in [2.45, 2.75) is 40.1 Å². The molecule has 0 aromatic carbocycles. The lowest BCUT2D eigenvalue weighted by Crippen LogP contribution is -2.34. The summed E-state index contributed by atoms with van der Waals surface area (Å²) in [5, 5.41) is 8.29. The minimum absolute atomic E-state index is 0.435. The van der Waals surface area contributed by atoms with Gasteiger partial charge in [0.15, 0.2) is 0 Å². The van der Waals surface area contributed by atoms with Crippen molar-refractivity contribution in [3.05, 3.63) is 11.1 Å². The molecule has 0 saturated heterocycles. The third-order valence-corrected chi connectivity index (χ3v) is 2.44. The van der Waals surface area contributed by atoms with Gasteiger partial charge in [0.25, 0.3) is 5.97 Å². The van der Waals surface area contributed by atoms with Gasteiger partial charge >= 0.3 is 5.97 Å². The van der Waals surface area contributed by atoms with E-state index in [-0.39, 0.29) is 0 Å². The third kappa shape index (κ3) is 7.10. The second-order valence-corrected chi connectivity index (χ2v) is 3.58. The summed E-state index contributed by atoms with van der Waals surface area (Å²) in [6.45, 7) is 7.08. The molecule has 1 N–H and O–H groups in total. The normalized spacial score (nSPS) is 10.3. The van der Waals surface area contributed by atoms with Gasteiger partial charge in [-0.15, -0.1) is 0 Å². The van der Waals surface area contributed by atoms with E-state index in [0.29, 0.717) is 12.0 Å². The molecule has 0 atom stereocenters. The molecule has 0 spiro atoms. The lowest BCUT2D eigenvalue weighted by molar-refractivity contribution is -0.352. The fourth-order valence-electron chi connectivity index (χ4n) is 0.897. The topological polar surface area (TPSA) is 65.0 Å². The van der Waals surface area contributed by atoms with Crippen molar-refractivity contribution in [3.63, 3.8) is 0 Å². The Morgan fingerprint density at radius 1 is 1.06 bits per heavy atom. The molecular weight excluding hydrogens is 224 g/mol. The molecule has 17 heavy (non-hydrogen) atoms. The van der Waals surface area contributed by atoms with E-state index in [9.17, 15) is 4.79 Å². The van der Waals surface area contributed by atoms with Crippen molar-refractivity contribution in [1.29, 1.82) is 0 Å². The first kappa shape index (κ1) is 18.5. The van der Waals surface area contributed by atoms with Gasteiger partial charge in [-0.2, -0.15) is 0 Å². The van der Waals surface area contributed by atoms with Gasteiger partial charge in [-0.3, -0.25) is 0 Å². The number of carbonyl (C=O) groups is 1. The van der Waals surface area contributed by atoms with E-state index in [1.165, 1.54) is 0 Å². The van der Waals surface area contributed by atoms with Crippen LogP contribution in [0.25, 0.3) is 0 Å². The number of carboxylic acids is 1. The number of aliphatic carboxylic acids is 1. The highest BCUT2D eigenvalue weighted by Gasteiger charge is 2.25. The van der Waals surface area contributed by atoms with E-state index in [1.54, 1.807) is 42.1 Å². The van der Waals surface area contributed by atoms with E-state index < -0.39 is 11.9 Å². The second-order valence-electron chi connectivity index (χ2n) is 3.58. The minimum atomic E-state index is -0.833. The standard InChI is InChI=1S/C6H14O3.C6H10O2/c1-5-6(7-2,8-3)9-4;1-4(2)5(3)6(7)8/h5H2,1-4H3;1-3H3,(H,7,8). The molecule has 0 aliphatic heterocycles. The van der Waals surface area contributed by atoms with Gasteiger partial charge in [0.1, 0.15) is 0 Å². The van der Waals surface area contributed by atoms with Crippen molar-refractivity contribution in [2.75, 3.05) is 21.3 Å². The van der Waals surface area contributed by atoms with Crippen LogP contribution in [-0.2, 0) is 19.0 Å². The van der Waals surface area contributed by atoms with Crippen molar-refractivity contribution < 1.29 is 24.1 Å². The van der Waals surface area contributed by atoms with E-state index in [4.69, 9.17) is 19.3 Å². The second kappa shape index (κ2) is 9.15. The van der Waals surface area contributed by atoms with Gasteiger partial charge in [0.2, 0.25) is 0 Å². The molecule has 0 unspecified atom stereocenters. The zero-order valence-corrected chi connectivity index (χ0v) is 11.8.